The fourth-order valence-electron chi connectivity index (χ4n) is 2.47. The van der Waals surface area contributed by atoms with Crippen molar-refractivity contribution in [1.29, 1.82) is 5.26 Å². The quantitative estimate of drug-likeness (QED) is 0.897. The van der Waals surface area contributed by atoms with Crippen LogP contribution in [0.25, 0.3) is 0 Å². The van der Waals surface area contributed by atoms with Crippen molar-refractivity contribution >= 4 is 10.0 Å². The van der Waals surface area contributed by atoms with Gasteiger partial charge in [-0.2, -0.15) is 5.26 Å². The number of nitriles is 1. The zero-order valence-corrected chi connectivity index (χ0v) is 11.6. The van der Waals surface area contributed by atoms with Crippen molar-refractivity contribution < 1.29 is 8.42 Å². The third-order valence-corrected chi connectivity index (χ3v) is 4.85. The van der Waals surface area contributed by atoms with Crippen LogP contribution < -0.4 is 4.72 Å². The minimum atomic E-state index is -3.36. The van der Waals surface area contributed by atoms with Crippen molar-refractivity contribution in [3.8, 4) is 6.07 Å². The summed E-state index contributed by atoms with van der Waals surface area (Å²) in [5.74, 6) is 0.352. The molecule has 0 spiro atoms. The number of hydrogen-bond acceptors (Lipinski definition) is 3. The molecule has 2 rings (SSSR count). The first-order chi connectivity index (χ1) is 9.11. The lowest BCUT2D eigenvalue weighted by Gasteiger charge is -2.11. The second-order valence-corrected chi connectivity index (χ2v) is 6.83. The summed E-state index contributed by atoms with van der Waals surface area (Å²) in [5, 5.41) is 8.95. The molecule has 1 aliphatic rings. The van der Waals surface area contributed by atoms with Gasteiger partial charge >= 0.3 is 0 Å². The number of hydrogen-bond donors (Lipinski definition) is 1. The highest BCUT2D eigenvalue weighted by Gasteiger charge is 2.19. The fourth-order valence-corrected chi connectivity index (χ4v) is 3.72. The van der Waals surface area contributed by atoms with E-state index in [9.17, 15) is 8.42 Å². The van der Waals surface area contributed by atoms with Crippen molar-refractivity contribution in [2.24, 2.45) is 5.92 Å². The molecule has 102 valence electrons. The Kier molecular flexibility index (Phi) is 4.56. The van der Waals surface area contributed by atoms with Crippen molar-refractivity contribution in [3.05, 3.63) is 35.4 Å². The number of benzene rings is 1. The normalized spacial score (nSPS) is 16.4. The highest BCUT2D eigenvalue weighted by molar-refractivity contribution is 7.88. The zero-order valence-electron chi connectivity index (χ0n) is 10.8. The number of nitrogens with zero attached hydrogens (tertiary/aromatic N) is 1. The van der Waals surface area contributed by atoms with Crippen LogP contribution in [0.15, 0.2) is 24.3 Å². The molecule has 1 saturated carbocycles. The van der Waals surface area contributed by atoms with Gasteiger partial charge in [0.25, 0.3) is 0 Å². The lowest BCUT2D eigenvalue weighted by Crippen LogP contribution is -2.29. The van der Waals surface area contributed by atoms with Crippen LogP contribution in [0.3, 0.4) is 0 Å². The van der Waals surface area contributed by atoms with E-state index in [0.717, 1.165) is 12.8 Å². The average Bonchev–Trinajstić information content (AvgIpc) is 2.90. The lowest BCUT2D eigenvalue weighted by atomic mass is 10.1. The molecule has 0 radical (unpaired) electrons. The summed E-state index contributed by atoms with van der Waals surface area (Å²) in [6, 6.07) is 8.84. The minimum Gasteiger partial charge on any atom is -0.215 e. The van der Waals surface area contributed by atoms with Crippen LogP contribution in [0.5, 0.6) is 0 Å². The van der Waals surface area contributed by atoms with Gasteiger partial charge in [-0.05, 0) is 30.4 Å². The van der Waals surface area contributed by atoms with Crippen LogP contribution >= 0.6 is 0 Å². The molecule has 1 aliphatic carbocycles. The Morgan fingerprint density at radius 1 is 1.26 bits per heavy atom. The Morgan fingerprint density at radius 2 is 1.95 bits per heavy atom. The van der Waals surface area contributed by atoms with Crippen molar-refractivity contribution in [1.82, 2.24) is 4.72 Å². The van der Waals surface area contributed by atoms with Crippen LogP contribution in [0.1, 0.15) is 36.8 Å². The SMILES string of the molecule is N#Cc1ccccc1CS(=O)(=O)NCC1CCCC1. The summed E-state index contributed by atoms with van der Waals surface area (Å²) in [5.41, 5.74) is 0.984. The molecular formula is C14H18N2O2S. The maximum atomic E-state index is 12.0. The van der Waals surface area contributed by atoms with Crippen molar-refractivity contribution in [2.45, 2.75) is 31.4 Å². The molecule has 0 amide bonds. The molecule has 0 aromatic heterocycles. The van der Waals surface area contributed by atoms with E-state index in [2.05, 4.69) is 4.72 Å². The molecule has 1 N–H and O–H groups in total. The summed E-state index contributed by atoms with van der Waals surface area (Å²) in [4.78, 5) is 0. The highest BCUT2D eigenvalue weighted by Crippen LogP contribution is 2.24. The first-order valence-electron chi connectivity index (χ1n) is 6.56. The molecule has 0 unspecified atom stereocenters. The Hall–Kier alpha value is -1.38. The molecule has 4 nitrogen and oxygen atoms in total. The Bertz CT molecular complexity index is 569. The smallest absolute Gasteiger partial charge is 0.215 e. The molecule has 0 aliphatic heterocycles. The van der Waals surface area contributed by atoms with Gasteiger partial charge in [0, 0.05) is 6.54 Å². The standard InChI is InChI=1S/C14H18N2O2S/c15-9-13-7-3-4-8-14(13)11-19(17,18)16-10-12-5-1-2-6-12/h3-4,7-8,12,16H,1-2,5-6,10-11H2. The van der Waals surface area contributed by atoms with E-state index in [1.807, 2.05) is 6.07 Å². The van der Waals surface area contributed by atoms with Crippen LogP contribution in [0.2, 0.25) is 0 Å². The summed E-state index contributed by atoms with van der Waals surface area (Å²) in [6.07, 6.45) is 4.61. The predicted octanol–water partition coefficient (Wildman–Crippen LogP) is 2.17. The van der Waals surface area contributed by atoms with Gasteiger partial charge in [0.1, 0.15) is 0 Å². The predicted molar refractivity (Wildman–Crippen MR) is 73.7 cm³/mol. The Morgan fingerprint density at radius 3 is 2.63 bits per heavy atom. The first kappa shape index (κ1) is 14.0. The molecule has 5 heteroatoms. The van der Waals surface area contributed by atoms with Gasteiger partial charge in [-0.15, -0.1) is 0 Å². The summed E-state index contributed by atoms with van der Waals surface area (Å²) in [7, 11) is -3.36. The van der Waals surface area contributed by atoms with Crippen molar-refractivity contribution in [2.75, 3.05) is 6.54 Å². The van der Waals surface area contributed by atoms with Crippen LogP contribution in [0.4, 0.5) is 0 Å². The third kappa shape index (κ3) is 4.05. The maximum absolute atomic E-state index is 12.0. The molecule has 0 saturated heterocycles. The first-order valence-corrected chi connectivity index (χ1v) is 8.21. The van der Waals surface area contributed by atoms with E-state index in [1.165, 1.54) is 12.8 Å². The molecule has 0 heterocycles. The summed E-state index contributed by atoms with van der Waals surface area (Å²) >= 11 is 0. The second-order valence-electron chi connectivity index (χ2n) is 5.03. The summed E-state index contributed by atoms with van der Waals surface area (Å²) in [6.45, 7) is 0.525. The highest BCUT2D eigenvalue weighted by atomic mass is 32.2. The molecule has 1 fully saturated rings. The molecule has 1 aromatic carbocycles. The van der Waals surface area contributed by atoms with Gasteiger partial charge in [-0.3, -0.25) is 0 Å². The van der Waals surface area contributed by atoms with Gasteiger partial charge < -0.3 is 0 Å². The van der Waals surface area contributed by atoms with Crippen LogP contribution in [-0.2, 0) is 15.8 Å². The maximum Gasteiger partial charge on any atom is 0.215 e. The van der Waals surface area contributed by atoms with E-state index in [1.54, 1.807) is 24.3 Å². The molecule has 19 heavy (non-hydrogen) atoms. The van der Waals surface area contributed by atoms with Gasteiger partial charge in [0.05, 0.1) is 17.4 Å². The zero-order chi connectivity index (χ0) is 13.7. The third-order valence-electron chi connectivity index (χ3n) is 3.55. The number of nitrogens with one attached hydrogen (secondary N) is 1. The van der Waals surface area contributed by atoms with Crippen LogP contribution in [-0.4, -0.2) is 15.0 Å². The molecule has 1 aromatic rings. The number of rotatable bonds is 5. The van der Waals surface area contributed by atoms with E-state index < -0.39 is 10.0 Å². The van der Waals surface area contributed by atoms with Crippen molar-refractivity contribution in [3.63, 3.8) is 0 Å². The minimum absolute atomic E-state index is 0.122. The lowest BCUT2D eigenvalue weighted by molar-refractivity contribution is 0.519. The van der Waals surface area contributed by atoms with Crippen LogP contribution in [0, 0.1) is 17.2 Å². The fraction of sp³-hybridized carbons (Fsp3) is 0.500. The van der Waals surface area contributed by atoms with E-state index in [-0.39, 0.29) is 5.75 Å². The molecular weight excluding hydrogens is 260 g/mol. The monoisotopic (exact) mass is 278 g/mol. The molecule has 0 bridgehead atoms. The van der Waals surface area contributed by atoms with Gasteiger partial charge in [-0.1, -0.05) is 31.0 Å². The Balaban J connectivity index is 1.98. The molecule has 0 atom stereocenters. The largest absolute Gasteiger partial charge is 0.215 e. The van der Waals surface area contributed by atoms with E-state index in [4.69, 9.17) is 5.26 Å². The van der Waals surface area contributed by atoms with E-state index >= 15 is 0 Å². The van der Waals surface area contributed by atoms with Gasteiger partial charge in [0.15, 0.2) is 0 Å². The van der Waals surface area contributed by atoms with Gasteiger partial charge in [0.2, 0.25) is 10.0 Å². The van der Waals surface area contributed by atoms with E-state index in [0.29, 0.717) is 23.6 Å². The number of sulfonamides is 1. The Labute approximate surface area is 114 Å². The second kappa shape index (κ2) is 6.18. The summed E-state index contributed by atoms with van der Waals surface area (Å²) < 4.78 is 26.7. The van der Waals surface area contributed by atoms with Gasteiger partial charge in [-0.25, -0.2) is 13.1 Å². The topological polar surface area (TPSA) is 70.0 Å². The average molecular weight is 278 g/mol.